The van der Waals surface area contributed by atoms with E-state index < -0.39 is 0 Å². The average molecular weight is 263 g/mol. The van der Waals surface area contributed by atoms with E-state index in [1.54, 1.807) is 6.07 Å². The number of H-pyrrole nitrogens is 1. The summed E-state index contributed by atoms with van der Waals surface area (Å²) >= 11 is 0. The molecule has 3 N–H and O–H groups in total. The zero-order valence-corrected chi connectivity index (χ0v) is 10.7. The highest BCUT2D eigenvalue weighted by molar-refractivity contribution is 5.77. The van der Waals surface area contributed by atoms with Crippen molar-refractivity contribution in [3.63, 3.8) is 0 Å². The first kappa shape index (κ1) is 12.4. The molecular weight excluding hydrogens is 245 g/mol. The lowest BCUT2D eigenvalue weighted by atomic mass is 9.97. The Morgan fingerprint density at radius 1 is 1.37 bits per heavy atom. The second-order valence-corrected chi connectivity index (χ2v) is 5.26. The molecule has 1 aromatic carbocycles. The molecule has 2 aromatic rings. The van der Waals surface area contributed by atoms with Crippen molar-refractivity contribution in [2.45, 2.75) is 19.3 Å². The van der Waals surface area contributed by atoms with Gasteiger partial charge in [-0.3, -0.25) is 0 Å². The monoisotopic (exact) mass is 263 g/mol. The summed E-state index contributed by atoms with van der Waals surface area (Å²) in [7, 11) is 0. The van der Waals surface area contributed by atoms with Crippen LogP contribution in [0, 0.1) is 17.7 Å². The van der Waals surface area contributed by atoms with Crippen molar-refractivity contribution in [1.29, 1.82) is 0 Å². The minimum absolute atomic E-state index is 0.262. The number of imidazole rings is 1. The van der Waals surface area contributed by atoms with Crippen molar-refractivity contribution in [2.24, 2.45) is 11.8 Å². The molecule has 19 heavy (non-hydrogen) atoms. The molecule has 0 saturated heterocycles. The van der Waals surface area contributed by atoms with Gasteiger partial charge in [0.15, 0.2) is 0 Å². The molecule has 3 rings (SSSR count). The van der Waals surface area contributed by atoms with Crippen LogP contribution in [0.1, 0.15) is 19.3 Å². The fourth-order valence-corrected chi connectivity index (χ4v) is 2.92. The first-order valence-electron chi connectivity index (χ1n) is 6.76. The Morgan fingerprint density at radius 2 is 2.21 bits per heavy atom. The summed E-state index contributed by atoms with van der Waals surface area (Å²) in [5.41, 5.74) is 1.46. The summed E-state index contributed by atoms with van der Waals surface area (Å²) in [5, 5.41) is 12.5. The standard InChI is InChI=1S/C14H18FN3O/c15-11-4-5-12-13(6-11)18-14(17-12)16-7-9-2-1-3-10(9)8-19/h4-6,9-10,19H,1-3,7-8H2,(H2,16,17,18). The summed E-state index contributed by atoms with van der Waals surface area (Å²) in [4.78, 5) is 7.44. The largest absolute Gasteiger partial charge is 0.396 e. The molecule has 0 amide bonds. The summed E-state index contributed by atoms with van der Waals surface area (Å²) in [6.45, 7) is 1.06. The van der Waals surface area contributed by atoms with Crippen molar-refractivity contribution in [2.75, 3.05) is 18.5 Å². The quantitative estimate of drug-likeness (QED) is 0.794. The second-order valence-electron chi connectivity index (χ2n) is 5.26. The minimum Gasteiger partial charge on any atom is -0.396 e. The molecule has 1 fully saturated rings. The van der Waals surface area contributed by atoms with E-state index in [-0.39, 0.29) is 12.4 Å². The third-order valence-corrected chi connectivity index (χ3v) is 4.03. The summed E-state index contributed by atoms with van der Waals surface area (Å²) in [6, 6.07) is 4.52. The van der Waals surface area contributed by atoms with E-state index in [0.717, 1.165) is 24.9 Å². The lowest BCUT2D eigenvalue weighted by molar-refractivity contribution is 0.199. The maximum absolute atomic E-state index is 13.1. The van der Waals surface area contributed by atoms with E-state index in [2.05, 4.69) is 15.3 Å². The first-order chi connectivity index (χ1) is 9.26. The van der Waals surface area contributed by atoms with E-state index in [4.69, 9.17) is 0 Å². The summed E-state index contributed by atoms with van der Waals surface area (Å²) in [6.07, 6.45) is 3.43. The first-order valence-corrected chi connectivity index (χ1v) is 6.76. The van der Waals surface area contributed by atoms with Crippen LogP contribution < -0.4 is 5.32 Å². The number of hydrogen-bond acceptors (Lipinski definition) is 3. The lowest BCUT2D eigenvalue weighted by Crippen LogP contribution is -2.21. The van der Waals surface area contributed by atoms with Crippen LogP contribution in [0.5, 0.6) is 0 Å². The van der Waals surface area contributed by atoms with Gasteiger partial charge in [0.1, 0.15) is 5.82 Å². The van der Waals surface area contributed by atoms with Crippen LogP contribution in [-0.2, 0) is 0 Å². The number of nitrogens with zero attached hydrogens (tertiary/aromatic N) is 1. The fourth-order valence-electron chi connectivity index (χ4n) is 2.92. The van der Waals surface area contributed by atoms with Crippen LogP contribution in [0.15, 0.2) is 18.2 Å². The van der Waals surface area contributed by atoms with Gasteiger partial charge in [0, 0.05) is 13.2 Å². The summed E-state index contributed by atoms with van der Waals surface area (Å²) < 4.78 is 13.1. The maximum atomic E-state index is 13.1. The Bertz CT molecular complexity index is 569. The number of rotatable bonds is 4. The van der Waals surface area contributed by atoms with Crippen LogP contribution >= 0.6 is 0 Å². The molecule has 0 spiro atoms. The number of halogens is 1. The number of nitrogens with one attached hydrogen (secondary N) is 2. The highest BCUT2D eigenvalue weighted by atomic mass is 19.1. The topological polar surface area (TPSA) is 60.9 Å². The molecule has 1 saturated carbocycles. The van der Waals surface area contributed by atoms with E-state index >= 15 is 0 Å². The van der Waals surface area contributed by atoms with Crippen molar-refractivity contribution in [3.8, 4) is 0 Å². The Morgan fingerprint density at radius 3 is 3.05 bits per heavy atom. The Hall–Kier alpha value is -1.62. The van der Waals surface area contributed by atoms with Crippen LogP contribution in [0.4, 0.5) is 10.3 Å². The Kier molecular flexibility index (Phi) is 3.38. The molecule has 4 nitrogen and oxygen atoms in total. The zero-order chi connectivity index (χ0) is 13.2. The molecule has 1 aliphatic rings. The molecule has 1 aliphatic carbocycles. The highest BCUT2D eigenvalue weighted by Crippen LogP contribution is 2.31. The van der Waals surface area contributed by atoms with Crippen molar-refractivity contribution >= 4 is 17.0 Å². The van der Waals surface area contributed by atoms with E-state index in [0.29, 0.717) is 23.3 Å². The number of aliphatic hydroxyl groups excluding tert-OH is 1. The van der Waals surface area contributed by atoms with Crippen molar-refractivity contribution < 1.29 is 9.50 Å². The number of hydrogen-bond donors (Lipinski definition) is 3. The maximum Gasteiger partial charge on any atom is 0.201 e. The summed E-state index contributed by atoms with van der Waals surface area (Å²) in [5.74, 6) is 1.30. The molecular formula is C14H18FN3O. The molecule has 2 atom stereocenters. The van der Waals surface area contributed by atoms with Crippen molar-refractivity contribution in [3.05, 3.63) is 24.0 Å². The predicted molar refractivity (Wildman–Crippen MR) is 72.5 cm³/mol. The van der Waals surface area contributed by atoms with Crippen molar-refractivity contribution in [1.82, 2.24) is 9.97 Å². The van der Waals surface area contributed by atoms with Gasteiger partial charge in [-0.1, -0.05) is 6.42 Å². The van der Waals surface area contributed by atoms with Crippen LogP contribution in [0.2, 0.25) is 0 Å². The molecule has 0 radical (unpaired) electrons. The molecule has 2 unspecified atom stereocenters. The number of aromatic amines is 1. The molecule has 1 heterocycles. The SMILES string of the molecule is OCC1CCCC1CNc1nc2ccc(F)cc2[nH]1. The van der Waals surface area contributed by atoms with Crippen LogP contribution in [-0.4, -0.2) is 28.2 Å². The number of benzene rings is 1. The molecule has 0 aliphatic heterocycles. The third-order valence-electron chi connectivity index (χ3n) is 4.03. The Labute approximate surface area is 111 Å². The highest BCUT2D eigenvalue weighted by Gasteiger charge is 2.26. The van der Waals surface area contributed by atoms with E-state index in [1.807, 2.05) is 0 Å². The smallest absolute Gasteiger partial charge is 0.201 e. The van der Waals surface area contributed by atoms with Gasteiger partial charge in [0.2, 0.25) is 5.95 Å². The third kappa shape index (κ3) is 2.56. The van der Waals surface area contributed by atoms with Crippen LogP contribution in [0.25, 0.3) is 11.0 Å². The number of fused-ring (bicyclic) bond motifs is 1. The number of aliphatic hydroxyl groups is 1. The van der Waals surface area contributed by atoms with Gasteiger partial charge in [-0.05, 0) is 42.9 Å². The van der Waals surface area contributed by atoms with Crippen LogP contribution in [0.3, 0.4) is 0 Å². The van der Waals surface area contributed by atoms with Gasteiger partial charge in [0.25, 0.3) is 0 Å². The fraction of sp³-hybridized carbons (Fsp3) is 0.500. The predicted octanol–water partition coefficient (Wildman–Crippen LogP) is 2.52. The van der Waals surface area contributed by atoms with Gasteiger partial charge in [-0.15, -0.1) is 0 Å². The molecule has 1 aromatic heterocycles. The minimum atomic E-state index is -0.265. The van der Waals surface area contributed by atoms with Gasteiger partial charge in [0.05, 0.1) is 11.0 Å². The van der Waals surface area contributed by atoms with Gasteiger partial charge < -0.3 is 15.4 Å². The van der Waals surface area contributed by atoms with Gasteiger partial charge in [-0.2, -0.15) is 0 Å². The molecule has 102 valence electrons. The van der Waals surface area contributed by atoms with E-state index in [9.17, 15) is 9.50 Å². The number of anilines is 1. The van der Waals surface area contributed by atoms with Gasteiger partial charge in [-0.25, -0.2) is 9.37 Å². The van der Waals surface area contributed by atoms with Gasteiger partial charge >= 0.3 is 0 Å². The average Bonchev–Trinajstić information content (AvgIpc) is 3.01. The Balaban J connectivity index is 1.68. The zero-order valence-electron chi connectivity index (χ0n) is 10.7. The lowest BCUT2D eigenvalue weighted by Gasteiger charge is -2.17. The second kappa shape index (κ2) is 5.17. The van der Waals surface area contributed by atoms with E-state index in [1.165, 1.54) is 18.6 Å². The molecule has 5 heteroatoms. The molecule has 0 bridgehead atoms. The number of aromatic nitrogens is 2. The normalized spacial score (nSPS) is 23.1.